The molecule has 3 heterocycles. The molecule has 1 aliphatic rings. The first-order chi connectivity index (χ1) is 15.6. The minimum absolute atomic E-state index is 0.0876. The van der Waals surface area contributed by atoms with Crippen molar-refractivity contribution < 1.29 is 27.7 Å². The van der Waals surface area contributed by atoms with Gasteiger partial charge in [-0.1, -0.05) is 12.1 Å². The molecule has 0 bridgehead atoms. The summed E-state index contributed by atoms with van der Waals surface area (Å²) >= 11 is 0. The van der Waals surface area contributed by atoms with E-state index in [0.717, 1.165) is 22.3 Å². The number of aromatic nitrogens is 3. The van der Waals surface area contributed by atoms with Gasteiger partial charge >= 0.3 is 6.61 Å². The van der Waals surface area contributed by atoms with Crippen molar-refractivity contribution in [3.63, 3.8) is 0 Å². The maximum Gasteiger partial charge on any atom is 0.387 e. The Labute approximate surface area is 182 Å². The van der Waals surface area contributed by atoms with Crippen molar-refractivity contribution in [3.05, 3.63) is 72.2 Å². The Hall–Kier alpha value is -3.88. The molecule has 7 nitrogen and oxygen atoms in total. The van der Waals surface area contributed by atoms with E-state index in [-0.39, 0.29) is 12.4 Å². The molecule has 2 aromatic heterocycles. The quantitative estimate of drug-likeness (QED) is 0.437. The van der Waals surface area contributed by atoms with E-state index < -0.39 is 12.7 Å². The smallest absolute Gasteiger partial charge is 0.387 e. The molecular weight excluding hydrogens is 420 g/mol. The van der Waals surface area contributed by atoms with E-state index in [9.17, 15) is 8.78 Å². The van der Waals surface area contributed by atoms with Crippen LogP contribution in [0.4, 0.5) is 8.78 Å². The fraction of sp³-hybridized carbons (Fsp3) is 0.217. The van der Waals surface area contributed by atoms with Gasteiger partial charge in [0.1, 0.15) is 17.9 Å². The predicted molar refractivity (Wildman–Crippen MR) is 112 cm³/mol. The highest BCUT2D eigenvalue weighted by atomic mass is 19.3. The minimum atomic E-state index is -2.86. The molecule has 164 valence electrons. The molecule has 9 heteroatoms. The highest BCUT2D eigenvalue weighted by molar-refractivity contribution is 5.70. The molecule has 0 radical (unpaired) electrons. The zero-order chi connectivity index (χ0) is 22.1. The van der Waals surface area contributed by atoms with E-state index in [1.165, 1.54) is 12.1 Å². The van der Waals surface area contributed by atoms with Gasteiger partial charge in [0.25, 0.3) is 0 Å². The Balaban J connectivity index is 1.38. The van der Waals surface area contributed by atoms with Crippen molar-refractivity contribution in [3.8, 4) is 23.0 Å². The third kappa shape index (κ3) is 3.89. The van der Waals surface area contributed by atoms with Crippen molar-refractivity contribution in [2.75, 3.05) is 13.7 Å². The number of benzene rings is 2. The summed E-state index contributed by atoms with van der Waals surface area (Å²) in [6, 6.07) is 13.9. The number of hydrogen-bond acceptors (Lipinski definition) is 6. The second-order valence-electron chi connectivity index (χ2n) is 7.21. The highest BCUT2D eigenvalue weighted by Gasteiger charge is 2.27. The Kier molecular flexibility index (Phi) is 5.22. The van der Waals surface area contributed by atoms with Crippen LogP contribution in [0.3, 0.4) is 0 Å². The Morgan fingerprint density at radius 1 is 1.16 bits per heavy atom. The molecule has 1 atom stereocenters. The summed E-state index contributed by atoms with van der Waals surface area (Å²) in [6.45, 7) is -2.06. The summed E-state index contributed by atoms with van der Waals surface area (Å²) in [6.07, 6.45) is 3.07. The van der Waals surface area contributed by atoms with Crippen molar-refractivity contribution in [1.82, 2.24) is 14.5 Å². The fourth-order valence-corrected chi connectivity index (χ4v) is 3.68. The largest absolute Gasteiger partial charge is 0.493 e. The number of methoxy groups -OCH3 is 1. The van der Waals surface area contributed by atoms with E-state index >= 15 is 0 Å². The lowest BCUT2D eigenvalue weighted by molar-refractivity contribution is -0.0498. The molecule has 0 spiro atoms. The summed E-state index contributed by atoms with van der Waals surface area (Å²) < 4.78 is 48.8. The lowest BCUT2D eigenvalue weighted by Crippen LogP contribution is -2.22. The van der Waals surface area contributed by atoms with Gasteiger partial charge < -0.3 is 23.5 Å². The summed E-state index contributed by atoms with van der Waals surface area (Å²) in [4.78, 5) is 8.77. The first-order valence-corrected chi connectivity index (χ1v) is 9.91. The summed E-state index contributed by atoms with van der Waals surface area (Å²) in [5.41, 5.74) is 3.34. The van der Waals surface area contributed by atoms with Crippen molar-refractivity contribution in [1.29, 1.82) is 0 Å². The number of fused-ring (bicyclic) bond motifs is 2. The monoisotopic (exact) mass is 439 g/mol. The molecular formula is C23H19F2N3O4. The van der Waals surface area contributed by atoms with Crippen LogP contribution in [0.2, 0.25) is 0 Å². The lowest BCUT2D eigenvalue weighted by atomic mass is 10.1. The van der Waals surface area contributed by atoms with Crippen molar-refractivity contribution >= 4 is 11.2 Å². The van der Waals surface area contributed by atoms with Crippen LogP contribution in [0, 0.1) is 0 Å². The van der Waals surface area contributed by atoms with E-state index in [1.807, 2.05) is 28.8 Å². The highest BCUT2D eigenvalue weighted by Crippen LogP contribution is 2.44. The summed E-state index contributed by atoms with van der Waals surface area (Å²) in [5, 5.41) is 0. The third-order valence-corrected chi connectivity index (χ3v) is 5.16. The second-order valence-corrected chi connectivity index (χ2v) is 7.21. The summed E-state index contributed by atoms with van der Waals surface area (Å²) in [7, 11) is 1.57. The van der Waals surface area contributed by atoms with E-state index in [0.29, 0.717) is 23.8 Å². The molecule has 0 saturated heterocycles. The van der Waals surface area contributed by atoms with Gasteiger partial charge in [-0.2, -0.15) is 8.78 Å². The molecule has 0 saturated carbocycles. The first kappa shape index (κ1) is 20.0. The van der Waals surface area contributed by atoms with Gasteiger partial charge in [-0.25, -0.2) is 9.97 Å². The SMILES string of the molecule is COc1cc(Cn2cnc3cccnc32)cc2c1OC(c1ccc(OC(F)F)cc1)CO2. The van der Waals surface area contributed by atoms with Crippen molar-refractivity contribution in [2.24, 2.45) is 0 Å². The van der Waals surface area contributed by atoms with Gasteiger partial charge in [-0.05, 0) is 47.5 Å². The number of imidazole rings is 1. The van der Waals surface area contributed by atoms with Crippen LogP contribution in [-0.4, -0.2) is 34.9 Å². The second kappa shape index (κ2) is 8.33. The predicted octanol–water partition coefficient (Wildman–Crippen LogP) is 4.60. The topological polar surface area (TPSA) is 67.6 Å². The number of nitrogens with zero attached hydrogens (tertiary/aromatic N) is 3. The minimum Gasteiger partial charge on any atom is -0.493 e. The van der Waals surface area contributed by atoms with Crippen molar-refractivity contribution in [2.45, 2.75) is 19.3 Å². The average Bonchev–Trinajstić information content (AvgIpc) is 3.21. The lowest BCUT2D eigenvalue weighted by Gasteiger charge is -2.28. The molecule has 0 fully saturated rings. The zero-order valence-corrected chi connectivity index (χ0v) is 17.1. The molecule has 0 aliphatic carbocycles. The Morgan fingerprint density at radius 3 is 2.78 bits per heavy atom. The summed E-state index contributed by atoms with van der Waals surface area (Å²) in [5.74, 6) is 1.70. The van der Waals surface area contributed by atoms with Gasteiger partial charge in [0, 0.05) is 6.20 Å². The zero-order valence-electron chi connectivity index (χ0n) is 17.1. The molecule has 0 N–H and O–H groups in total. The molecule has 32 heavy (non-hydrogen) atoms. The van der Waals surface area contributed by atoms with Gasteiger partial charge in [0.2, 0.25) is 5.75 Å². The number of hydrogen-bond donors (Lipinski definition) is 0. The van der Waals surface area contributed by atoms with Crippen LogP contribution in [0.15, 0.2) is 61.1 Å². The fourth-order valence-electron chi connectivity index (χ4n) is 3.68. The van der Waals surface area contributed by atoms with Gasteiger partial charge in [0.05, 0.1) is 20.0 Å². The Bertz CT molecular complexity index is 1230. The van der Waals surface area contributed by atoms with Crippen LogP contribution >= 0.6 is 0 Å². The maximum absolute atomic E-state index is 12.4. The third-order valence-electron chi connectivity index (χ3n) is 5.16. The molecule has 5 rings (SSSR count). The standard InChI is InChI=1S/C23H19F2N3O4/c1-29-18-9-14(11-28-13-27-17-3-2-8-26-22(17)28)10-19-21(18)32-20(12-30-19)15-4-6-16(7-5-15)31-23(24)25/h2-10,13,20,23H,11-12H2,1H3. The van der Waals surface area contributed by atoms with Gasteiger partial charge in [0.15, 0.2) is 23.3 Å². The Morgan fingerprint density at radius 2 is 2.00 bits per heavy atom. The molecule has 1 aliphatic heterocycles. The number of halogens is 2. The maximum atomic E-state index is 12.4. The molecule has 1 unspecified atom stereocenters. The molecule has 0 amide bonds. The number of rotatable bonds is 6. The number of ether oxygens (including phenoxy) is 4. The van der Waals surface area contributed by atoms with Crippen LogP contribution in [0.25, 0.3) is 11.2 Å². The van der Waals surface area contributed by atoms with E-state index in [2.05, 4.69) is 14.7 Å². The van der Waals surface area contributed by atoms with Crippen LogP contribution in [0.5, 0.6) is 23.0 Å². The molecule has 4 aromatic rings. The van der Waals surface area contributed by atoms with E-state index in [1.54, 1.807) is 31.8 Å². The van der Waals surface area contributed by atoms with Gasteiger partial charge in [-0.3, -0.25) is 0 Å². The number of pyridine rings is 1. The average molecular weight is 439 g/mol. The normalized spacial score (nSPS) is 15.2. The molecule has 2 aromatic carbocycles. The van der Waals surface area contributed by atoms with Crippen LogP contribution in [-0.2, 0) is 6.54 Å². The van der Waals surface area contributed by atoms with E-state index in [4.69, 9.17) is 14.2 Å². The van der Waals surface area contributed by atoms with Gasteiger partial charge in [-0.15, -0.1) is 0 Å². The number of alkyl halides is 2. The first-order valence-electron chi connectivity index (χ1n) is 9.91. The van der Waals surface area contributed by atoms with Crippen LogP contribution in [0.1, 0.15) is 17.2 Å². The van der Waals surface area contributed by atoms with Crippen LogP contribution < -0.4 is 18.9 Å².